The molecule has 0 fully saturated rings. The van der Waals surface area contributed by atoms with E-state index in [9.17, 15) is 8.42 Å². The van der Waals surface area contributed by atoms with Crippen LogP contribution in [-0.4, -0.2) is 23.8 Å². The molecule has 3 rings (SSSR count). The second-order valence-electron chi connectivity index (χ2n) is 5.75. The SMILES string of the molecule is Cc1ccc(Br)cc1S(=O)(=O)N1CCn2c(C)ccc2[C@H]1C. The van der Waals surface area contributed by atoms with Crippen LogP contribution in [0.1, 0.15) is 29.9 Å². The van der Waals surface area contributed by atoms with E-state index in [1.165, 1.54) is 5.69 Å². The van der Waals surface area contributed by atoms with Crippen molar-refractivity contribution in [2.24, 2.45) is 0 Å². The van der Waals surface area contributed by atoms with Gasteiger partial charge < -0.3 is 4.57 Å². The Kier molecular flexibility index (Phi) is 3.95. The molecule has 0 spiro atoms. The van der Waals surface area contributed by atoms with Crippen LogP contribution in [0.3, 0.4) is 0 Å². The van der Waals surface area contributed by atoms with Gasteiger partial charge in [0, 0.05) is 29.0 Å². The standard InChI is InChI=1S/C16H19BrN2O2S/c1-11-4-6-14(17)10-16(11)22(20,21)19-9-8-18-12(2)5-7-15(18)13(19)3/h4-7,10,13H,8-9H2,1-3H3/t13-/m1/s1. The lowest BCUT2D eigenvalue weighted by atomic mass is 10.2. The highest BCUT2D eigenvalue weighted by Crippen LogP contribution is 2.33. The summed E-state index contributed by atoms with van der Waals surface area (Å²) < 4.78 is 30.8. The predicted molar refractivity (Wildman–Crippen MR) is 90.4 cm³/mol. The van der Waals surface area contributed by atoms with E-state index in [0.717, 1.165) is 15.7 Å². The van der Waals surface area contributed by atoms with Gasteiger partial charge in [-0.2, -0.15) is 4.31 Å². The number of hydrogen-bond acceptors (Lipinski definition) is 2. The number of halogens is 1. The van der Waals surface area contributed by atoms with E-state index < -0.39 is 10.0 Å². The summed E-state index contributed by atoms with van der Waals surface area (Å²) in [5.74, 6) is 0. The molecule has 0 bridgehead atoms. The van der Waals surface area contributed by atoms with Crippen molar-refractivity contribution in [2.75, 3.05) is 6.54 Å². The first-order valence-corrected chi connectivity index (χ1v) is 9.49. The van der Waals surface area contributed by atoms with Crippen LogP contribution in [0.2, 0.25) is 0 Å². The number of sulfonamides is 1. The van der Waals surface area contributed by atoms with Gasteiger partial charge in [-0.1, -0.05) is 22.0 Å². The van der Waals surface area contributed by atoms with Crippen LogP contribution >= 0.6 is 15.9 Å². The fourth-order valence-corrected chi connectivity index (χ4v) is 5.47. The van der Waals surface area contributed by atoms with Crippen LogP contribution in [0.5, 0.6) is 0 Å². The van der Waals surface area contributed by atoms with Crippen molar-refractivity contribution in [2.45, 2.75) is 38.3 Å². The van der Waals surface area contributed by atoms with E-state index in [1.54, 1.807) is 10.4 Å². The first-order valence-electron chi connectivity index (χ1n) is 7.26. The maximum atomic E-state index is 13.1. The third-order valence-electron chi connectivity index (χ3n) is 4.37. The summed E-state index contributed by atoms with van der Waals surface area (Å²) in [5.41, 5.74) is 3.00. The number of rotatable bonds is 2. The Morgan fingerprint density at radius 2 is 1.86 bits per heavy atom. The molecule has 0 saturated heterocycles. The van der Waals surface area contributed by atoms with E-state index in [2.05, 4.69) is 27.4 Å². The van der Waals surface area contributed by atoms with Crippen molar-refractivity contribution < 1.29 is 8.42 Å². The van der Waals surface area contributed by atoms with Gasteiger partial charge in [0.15, 0.2) is 0 Å². The molecule has 118 valence electrons. The predicted octanol–water partition coefficient (Wildman–Crippen LogP) is 3.63. The first kappa shape index (κ1) is 15.8. The van der Waals surface area contributed by atoms with Crippen molar-refractivity contribution in [1.82, 2.24) is 8.87 Å². The molecule has 4 nitrogen and oxygen atoms in total. The largest absolute Gasteiger partial charge is 0.346 e. The smallest absolute Gasteiger partial charge is 0.244 e. The van der Waals surface area contributed by atoms with Crippen molar-refractivity contribution in [3.63, 3.8) is 0 Å². The normalized spacial score (nSPS) is 19.2. The lowest BCUT2D eigenvalue weighted by Gasteiger charge is -2.34. The van der Waals surface area contributed by atoms with Crippen LogP contribution in [0.4, 0.5) is 0 Å². The molecule has 1 aromatic carbocycles. The lowest BCUT2D eigenvalue weighted by molar-refractivity contribution is 0.280. The highest BCUT2D eigenvalue weighted by atomic mass is 79.9. The molecule has 0 radical (unpaired) electrons. The second kappa shape index (κ2) is 5.51. The number of hydrogen-bond donors (Lipinski definition) is 0. The molecule has 0 amide bonds. The minimum absolute atomic E-state index is 0.161. The molecular formula is C16H19BrN2O2S. The molecule has 1 aromatic heterocycles. The zero-order valence-electron chi connectivity index (χ0n) is 12.9. The summed E-state index contributed by atoms with van der Waals surface area (Å²) in [6, 6.07) is 9.30. The molecule has 2 aromatic rings. The summed E-state index contributed by atoms with van der Waals surface area (Å²) >= 11 is 3.37. The second-order valence-corrected chi connectivity index (χ2v) is 8.53. The van der Waals surface area contributed by atoms with Crippen molar-refractivity contribution in [1.29, 1.82) is 0 Å². The van der Waals surface area contributed by atoms with Crippen LogP contribution in [0.15, 0.2) is 39.7 Å². The number of fused-ring (bicyclic) bond motifs is 1. The average molecular weight is 383 g/mol. The Labute approximate surface area is 139 Å². The van der Waals surface area contributed by atoms with Gasteiger partial charge in [0.2, 0.25) is 10.0 Å². The fraction of sp³-hybridized carbons (Fsp3) is 0.375. The zero-order chi connectivity index (χ0) is 16.1. The molecule has 1 aliphatic heterocycles. The molecule has 1 aliphatic rings. The Bertz CT molecular complexity index is 827. The summed E-state index contributed by atoms with van der Waals surface area (Å²) in [5, 5.41) is 0. The minimum atomic E-state index is -3.51. The van der Waals surface area contributed by atoms with E-state index in [4.69, 9.17) is 0 Å². The lowest BCUT2D eigenvalue weighted by Crippen LogP contribution is -2.41. The zero-order valence-corrected chi connectivity index (χ0v) is 15.3. The van der Waals surface area contributed by atoms with Gasteiger partial charge in [-0.05, 0) is 50.6 Å². The van der Waals surface area contributed by atoms with Crippen LogP contribution in [0, 0.1) is 13.8 Å². The molecule has 0 aliphatic carbocycles. The molecule has 6 heteroatoms. The molecule has 0 saturated carbocycles. The van der Waals surface area contributed by atoms with E-state index in [-0.39, 0.29) is 6.04 Å². The monoisotopic (exact) mass is 382 g/mol. The fourth-order valence-electron chi connectivity index (χ4n) is 3.11. The maximum Gasteiger partial charge on any atom is 0.244 e. The van der Waals surface area contributed by atoms with Gasteiger partial charge >= 0.3 is 0 Å². The van der Waals surface area contributed by atoms with Crippen molar-refractivity contribution >= 4 is 26.0 Å². The van der Waals surface area contributed by atoms with E-state index >= 15 is 0 Å². The van der Waals surface area contributed by atoms with Gasteiger partial charge in [0.05, 0.1) is 10.9 Å². The Morgan fingerprint density at radius 3 is 2.59 bits per heavy atom. The molecule has 0 unspecified atom stereocenters. The molecule has 2 heterocycles. The van der Waals surface area contributed by atoms with E-state index in [0.29, 0.717) is 18.0 Å². The number of nitrogens with zero attached hydrogens (tertiary/aromatic N) is 2. The summed E-state index contributed by atoms with van der Waals surface area (Å²) in [6.45, 7) is 7.04. The van der Waals surface area contributed by atoms with Crippen molar-refractivity contribution in [3.05, 3.63) is 51.8 Å². The quantitative estimate of drug-likeness (QED) is 0.795. The summed E-state index contributed by atoms with van der Waals surface area (Å²) in [7, 11) is -3.51. The van der Waals surface area contributed by atoms with Gasteiger partial charge in [-0.25, -0.2) is 8.42 Å². The molecule has 1 atom stereocenters. The van der Waals surface area contributed by atoms with Crippen LogP contribution < -0.4 is 0 Å². The topological polar surface area (TPSA) is 42.3 Å². The van der Waals surface area contributed by atoms with Crippen LogP contribution in [-0.2, 0) is 16.6 Å². The molecule has 0 N–H and O–H groups in total. The minimum Gasteiger partial charge on any atom is -0.346 e. The van der Waals surface area contributed by atoms with Gasteiger partial charge in [0.1, 0.15) is 0 Å². The highest BCUT2D eigenvalue weighted by Gasteiger charge is 2.35. The first-order chi connectivity index (χ1) is 10.3. The average Bonchev–Trinajstić information content (AvgIpc) is 2.84. The Hall–Kier alpha value is -1.11. The third-order valence-corrected chi connectivity index (χ3v) is 6.98. The molecular weight excluding hydrogens is 364 g/mol. The van der Waals surface area contributed by atoms with Gasteiger partial charge in [0.25, 0.3) is 0 Å². The van der Waals surface area contributed by atoms with E-state index in [1.807, 2.05) is 38.1 Å². The summed E-state index contributed by atoms with van der Waals surface area (Å²) in [4.78, 5) is 0.380. The number of aryl methyl sites for hydroxylation is 2. The maximum absolute atomic E-state index is 13.1. The summed E-state index contributed by atoms with van der Waals surface area (Å²) in [6.07, 6.45) is 0. The van der Waals surface area contributed by atoms with Gasteiger partial charge in [-0.3, -0.25) is 0 Å². The molecule has 22 heavy (non-hydrogen) atoms. The Balaban J connectivity index is 2.05. The third kappa shape index (κ3) is 2.43. The Morgan fingerprint density at radius 1 is 1.14 bits per heavy atom. The van der Waals surface area contributed by atoms with Gasteiger partial charge in [-0.15, -0.1) is 0 Å². The van der Waals surface area contributed by atoms with Crippen molar-refractivity contribution in [3.8, 4) is 0 Å². The number of aromatic nitrogens is 1. The number of benzene rings is 1. The van der Waals surface area contributed by atoms with Crippen LogP contribution in [0.25, 0.3) is 0 Å². The highest BCUT2D eigenvalue weighted by molar-refractivity contribution is 9.10.